The third kappa shape index (κ3) is 3.91. The molecule has 4 nitrogen and oxygen atoms in total. The molecule has 0 aliphatic carbocycles. The monoisotopic (exact) mass is 416 g/mol. The van der Waals surface area contributed by atoms with Crippen molar-refractivity contribution in [1.29, 1.82) is 0 Å². The van der Waals surface area contributed by atoms with Crippen molar-refractivity contribution in [3.8, 4) is 0 Å². The van der Waals surface area contributed by atoms with Crippen LogP contribution in [0.2, 0.25) is 0 Å². The van der Waals surface area contributed by atoms with Gasteiger partial charge in [-0.05, 0) is 49.2 Å². The molecule has 0 N–H and O–H groups in total. The van der Waals surface area contributed by atoms with E-state index in [4.69, 9.17) is 0 Å². The van der Waals surface area contributed by atoms with E-state index in [1.165, 1.54) is 12.1 Å². The van der Waals surface area contributed by atoms with Crippen LogP contribution in [0.1, 0.15) is 12.8 Å². The number of nitrogens with zero attached hydrogens (tertiary/aromatic N) is 2. The minimum absolute atomic E-state index is 0.0519. The molecule has 28 heavy (non-hydrogen) atoms. The second kappa shape index (κ2) is 8.17. The van der Waals surface area contributed by atoms with Crippen LogP contribution in [0.15, 0.2) is 59.5 Å². The molecular weight excluding hydrogens is 395 g/mol. The minimum Gasteiger partial charge on any atom is -0.342 e. The summed E-state index contributed by atoms with van der Waals surface area (Å²) in [7, 11) is 0. The highest BCUT2D eigenvalue weighted by Gasteiger charge is 2.49. The lowest BCUT2D eigenvalue weighted by Gasteiger charge is -2.44. The van der Waals surface area contributed by atoms with Crippen LogP contribution in [0.4, 0.5) is 10.1 Å². The third-order valence-corrected chi connectivity index (χ3v) is 7.73. The summed E-state index contributed by atoms with van der Waals surface area (Å²) >= 11 is 3.19. The molecular formula is C21H21FN2O2S2. The molecule has 0 aromatic heterocycles. The van der Waals surface area contributed by atoms with Gasteiger partial charge in [-0.25, -0.2) is 4.39 Å². The Kier molecular flexibility index (Phi) is 5.64. The summed E-state index contributed by atoms with van der Waals surface area (Å²) in [4.78, 5) is 29.6. The summed E-state index contributed by atoms with van der Waals surface area (Å²) in [6.45, 7) is 1.26. The van der Waals surface area contributed by atoms with Crippen molar-refractivity contribution in [3.63, 3.8) is 0 Å². The predicted octanol–water partition coefficient (Wildman–Crippen LogP) is 4.02. The van der Waals surface area contributed by atoms with E-state index in [0.717, 1.165) is 23.4 Å². The molecule has 0 radical (unpaired) electrons. The summed E-state index contributed by atoms with van der Waals surface area (Å²) in [5.74, 6) is 0.718. The first-order chi connectivity index (χ1) is 13.6. The van der Waals surface area contributed by atoms with Crippen molar-refractivity contribution < 1.29 is 14.0 Å². The molecule has 2 fully saturated rings. The van der Waals surface area contributed by atoms with Gasteiger partial charge in [0.15, 0.2) is 0 Å². The number of benzene rings is 2. The van der Waals surface area contributed by atoms with Crippen LogP contribution in [-0.4, -0.2) is 46.2 Å². The van der Waals surface area contributed by atoms with E-state index in [1.54, 1.807) is 35.7 Å². The van der Waals surface area contributed by atoms with Crippen LogP contribution in [0, 0.1) is 5.82 Å². The third-order valence-electron chi connectivity index (χ3n) is 5.21. The lowest BCUT2D eigenvalue weighted by Crippen LogP contribution is -2.53. The number of likely N-dealkylation sites (tertiary alicyclic amines) is 1. The number of thioether (sulfide) groups is 2. The molecule has 0 unspecified atom stereocenters. The van der Waals surface area contributed by atoms with Crippen molar-refractivity contribution in [2.45, 2.75) is 22.6 Å². The summed E-state index contributed by atoms with van der Waals surface area (Å²) in [5.41, 5.74) is 0.732. The summed E-state index contributed by atoms with van der Waals surface area (Å²) in [6, 6.07) is 16.0. The number of carbonyl (C=O) groups is 2. The largest absolute Gasteiger partial charge is 0.342 e. The normalized spacial score (nSPS) is 18.7. The Morgan fingerprint density at radius 3 is 2.43 bits per heavy atom. The van der Waals surface area contributed by atoms with Gasteiger partial charge in [-0.3, -0.25) is 14.5 Å². The SMILES string of the molecule is O=C(CSc1ccccc1)N1CCC2(CC1)SCC(=O)N2c1ccc(F)cc1. The van der Waals surface area contributed by atoms with Crippen LogP contribution < -0.4 is 4.90 Å². The Labute approximate surface area is 172 Å². The topological polar surface area (TPSA) is 40.6 Å². The Hall–Kier alpha value is -1.99. The maximum Gasteiger partial charge on any atom is 0.238 e. The van der Waals surface area contributed by atoms with Gasteiger partial charge in [0.1, 0.15) is 5.82 Å². The first-order valence-electron chi connectivity index (χ1n) is 9.26. The van der Waals surface area contributed by atoms with E-state index in [0.29, 0.717) is 24.6 Å². The quantitative estimate of drug-likeness (QED) is 0.706. The van der Waals surface area contributed by atoms with Crippen LogP contribution in [-0.2, 0) is 9.59 Å². The number of carbonyl (C=O) groups excluding carboxylic acids is 2. The van der Waals surface area contributed by atoms with Crippen molar-refractivity contribution in [1.82, 2.24) is 4.90 Å². The highest BCUT2D eigenvalue weighted by molar-refractivity contribution is 8.02. The molecule has 0 bridgehead atoms. The number of anilines is 1. The van der Waals surface area contributed by atoms with Gasteiger partial charge in [0.05, 0.1) is 16.4 Å². The summed E-state index contributed by atoms with van der Waals surface area (Å²) < 4.78 is 13.3. The van der Waals surface area contributed by atoms with E-state index in [2.05, 4.69) is 0 Å². The van der Waals surface area contributed by atoms with E-state index >= 15 is 0 Å². The van der Waals surface area contributed by atoms with Crippen LogP contribution >= 0.6 is 23.5 Å². The van der Waals surface area contributed by atoms with Gasteiger partial charge in [-0.1, -0.05) is 18.2 Å². The van der Waals surface area contributed by atoms with Crippen LogP contribution in [0.3, 0.4) is 0 Å². The zero-order valence-electron chi connectivity index (χ0n) is 15.3. The Bertz CT molecular complexity index is 852. The lowest BCUT2D eigenvalue weighted by molar-refractivity contribution is -0.129. The van der Waals surface area contributed by atoms with Gasteiger partial charge in [-0.2, -0.15) is 0 Å². The number of amides is 2. The number of piperidine rings is 1. The molecule has 0 saturated carbocycles. The van der Waals surface area contributed by atoms with Gasteiger partial charge in [0, 0.05) is 23.7 Å². The molecule has 2 aromatic rings. The van der Waals surface area contributed by atoms with Crippen molar-refractivity contribution >= 4 is 41.0 Å². The fourth-order valence-corrected chi connectivity index (χ4v) is 5.90. The first kappa shape index (κ1) is 19.3. The molecule has 2 amide bonds. The molecule has 2 aliphatic rings. The van der Waals surface area contributed by atoms with Gasteiger partial charge >= 0.3 is 0 Å². The predicted molar refractivity (Wildman–Crippen MR) is 112 cm³/mol. The molecule has 146 valence electrons. The number of rotatable bonds is 4. The molecule has 4 rings (SSSR count). The standard InChI is InChI=1S/C21H21FN2O2S2/c22-16-6-8-17(9-7-16)24-20(26)15-28-21(24)10-12-23(13-11-21)19(25)14-27-18-4-2-1-3-5-18/h1-9H,10-15H2. The molecule has 2 aromatic carbocycles. The molecule has 1 spiro atoms. The smallest absolute Gasteiger partial charge is 0.238 e. The van der Waals surface area contributed by atoms with Gasteiger partial charge in [0.2, 0.25) is 11.8 Å². The first-order valence-corrected chi connectivity index (χ1v) is 11.2. The fraction of sp³-hybridized carbons (Fsp3) is 0.333. The van der Waals surface area contributed by atoms with Crippen molar-refractivity contribution in [2.24, 2.45) is 0 Å². The number of hydrogen-bond acceptors (Lipinski definition) is 4. The molecule has 0 atom stereocenters. The van der Waals surface area contributed by atoms with E-state index in [1.807, 2.05) is 40.1 Å². The highest BCUT2D eigenvalue weighted by atomic mass is 32.2. The average Bonchev–Trinajstić information content (AvgIpc) is 3.04. The molecule has 2 saturated heterocycles. The second-order valence-electron chi connectivity index (χ2n) is 6.92. The maximum absolute atomic E-state index is 13.3. The molecule has 2 aliphatic heterocycles. The summed E-state index contributed by atoms with van der Waals surface area (Å²) in [6.07, 6.45) is 1.45. The fourth-order valence-electron chi connectivity index (χ4n) is 3.75. The van der Waals surface area contributed by atoms with E-state index < -0.39 is 0 Å². The molecule has 2 heterocycles. The van der Waals surface area contributed by atoms with Crippen LogP contribution in [0.5, 0.6) is 0 Å². The maximum atomic E-state index is 13.3. The Morgan fingerprint density at radius 2 is 1.75 bits per heavy atom. The van der Waals surface area contributed by atoms with Gasteiger partial charge in [0.25, 0.3) is 0 Å². The summed E-state index contributed by atoms with van der Waals surface area (Å²) in [5, 5.41) is 0. The van der Waals surface area contributed by atoms with Gasteiger partial charge < -0.3 is 4.90 Å². The van der Waals surface area contributed by atoms with Gasteiger partial charge in [-0.15, -0.1) is 23.5 Å². The Balaban J connectivity index is 1.40. The average molecular weight is 417 g/mol. The molecule has 7 heteroatoms. The van der Waals surface area contributed by atoms with Crippen LogP contribution in [0.25, 0.3) is 0 Å². The van der Waals surface area contributed by atoms with E-state index in [9.17, 15) is 14.0 Å². The minimum atomic E-state index is -0.335. The van der Waals surface area contributed by atoms with Crippen molar-refractivity contribution in [2.75, 3.05) is 29.5 Å². The van der Waals surface area contributed by atoms with E-state index in [-0.39, 0.29) is 22.5 Å². The number of halogens is 1. The zero-order chi connectivity index (χ0) is 19.6. The number of hydrogen-bond donors (Lipinski definition) is 0. The highest BCUT2D eigenvalue weighted by Crippen LogP contribution is 2.46. The lowest BCUT2D eigenvalue weighted by atomic mass is 10.0. The Morgan fingerprint density at radius 1 is 1.07 bits per heavy atom. The zero-order valence-corrected chi connectivity index (χ0v) is 17.0. The van der Waals surface area contributed by atoms with Crippen molar-refractivity contribution in [3.05, 3.63) is 60.4 Å². The second-order valence-corrected chi connectivity index (χ2v) is 9.31.